The number of nitrogens with zero attached hydrogens (tertiary/aromatic N) is 1. The van der Waals surface area contributed by atoms with Crippen LogP contribution in [0.4, 0.5) is 0 Å². The quantitative estimate of drug-likeness (QED) is 0.346. The van der Waals surface area contributed by atoms with Crippen LogP contribution in [0.25, 0.3) is 10.9 Å². The van der Waals surface area contributed by atoms with Crippen LogP contribution < -0.4 is 10.2 Å². The van der Waals surface area contributed by atoms with E-state index in [4.69, 9.17) is 14.7 Å². The van der Waals surface area contributed by atoms with E-state index in [0.717, 1.165) is 27.7 Å². The lowest BCUT2D eigenvalue weighted by Gasteiger charge is -2.15. The van der Waals surface area contributed by atoms with Crippen LogP contribution in [0.3, 0.4) is 0 Å². The first-order chi connectivity index (χ1) is 15.0. The zero-order valence-electron chi connectivity index (χ0n) is 17.4. The molecule has 0 spiro atoms. The van der Waals surface area contributed by atoms with Crippen molar-refractivity contribution in [1.29, 1.82) is 0 Å². The predicted molar refractivity (Wildman–Crippen MR) is 113 cm³/mol. The van der Waals surface area contributed by atoms with E-state index in [2.05, 4.69) is 4.98 Å². The Labute approximate surface area is 180 Å². The molecule has 0 aliphatic heterocycles. The van der Waals surface area contributed by atoms with Gasteiger partial charge in [-0.15, -0.1) is 0 Å². The number of methoxy groups -OCH3 is 1. The third-order valence-corrected chi connectivity index (χ3v) is 5.86. The van der Waals surface area contributed by atoms with Gasteiger partial charge in [0.05, 0.1) is 24.0 Å². The molecular formula is C24H24N2O5. The van der Waals surface area contributed by atoms with E-state index in [-0.39, 0.29) is 0 Å². The number of aromatic nitrogens is 1. The highest BCUT2D eigenvalue weighted by molar-refractivity contribution is 5.93. The lowest BCUT2D eigenvalue weighted by molar-refractivity contribution is -0.149. The molecule has 0 radical (unpaired) electrons. The fourth-order valence-corrected chi connectivity index (χ4v) is 4.17. The van der Waals surface area contributed by atoms with Gasteiger partial charge in [0, 0.05) is 16.6 Å². The summed E-state index contributed by atoms with van der Waals surface area (Å²) in [5.41, 5.74) is 4.53. The number of pyridine rings is 1. The van der Waals surface area contributed by atoms with Crippen molar-refractivity contribution in [1.82, 2.24) is 10.5 Å². The van der Waals surface area contributed by atoms with Crippen molar-refractivity contribution in [3.05, 3.63) is 71.4 Å². The molecule has 2 aromatic carbocycles. The molecule has 1 heterocycles. The zero-order chi connectivity index (χ0) is 22.0. The second-order valence-electron chi connectivity index (χ2n) is 7.93. The Hall–Kier alpha value is -3.45. The summed E-state index contributed by atoms with van der Waals surface area (Å²) in [7, 11) is 1.30. The summed E-state index contributed by atoms with van der Waals surface area (Å²) in [4.78, 5) is 28.6. The van der Waals surface area contributed by atoms with Crippen LogP contribution >= 0.6 is 0 Å². The molecule has 2 atom stereocenters. The van der Waals surface area contributed by atoms with Gasteiger partial charge in [0.1, 0.15) is 12.4 Å². The Kier molecular flexibility index (Phi) is 5.61. The standard InChI is InChI=1S/C24H24N2O5/c1-15-11-17(19-5-3-4-6-21(19)25-15)14-31-18-9-7-16(8-10-18)12-24(23(28)30-2)13-20(24)22(27)26-29/h3-11,20,29H,12-14H2,1-2H3,(H,26,27). The molecule has 3 aromatic rings. The van der Waals surface area contributed by atoms with Gasteiger partial charge < -0.3 is 9.47 Å². The summed E-state index contributed by atoms with van der Waals surface area (Å²) in [5, 5.41) is 9.96. The number of rotatable bonds is 7. The second kappa shape index (κ2) is 8.35. The van der Waals surface area contributed by atoms with Gasteiger partial charge in [0.25, 0.3) is 0 Å². The average molecular weight is 420 g/mol. The van der Waals surface area contributed by atoms with E-state index in [0.29, 0.717) is 25.2 Å². The van der Waals surface area contributed by atoms with Crippen molar-refractivity contribution in [3.63, 3.8) is 0 Å². The van der Waals surface area contributed by atoms with Gasteiger partial charge in [0.15, 0.2) is 0 Å². The fourth-order valence-electron chi connectivity index (χ4n) is 4.17. The van der Waals surface area contributed by atoms with Gasteiger partial charge in [-0.2, -0.15) is 0 Å². The van der Waals surface area contributed by atoms with Crippen LogP contribution in [0.15, 0.2) is 54.6 Å². The van der Waals surface area contributed by atoms with E-state index in [1.54, 1.807) is 5.48 Å². The number of benzene rings is 2. The maximum absolute atomic E-state index is 12.3. The van der Waals surface area contributed by atoms with Crippen molar-refractivity contribution in [3.8, 4) is 5.75 Å². The SMILES string of the molecule is COC(=O)C1(Cc2ccc(OCc3cc(C)nc4ccccc34)cc2)CC1C(=O)NO. The molecule has 160 valence electrons. The normalized spacial score (nSPS) is 19.6. The van der Waals surface area contributed by atoms with Crippen molar-refractivity contribution < 1.29 is 24.3 Å². The van der Waals surface area contributed by atoms with Crippen LogP contribution in [0.1, 0.15) is 23.2 Å². The number of carbonyl (C=O) groups excluding carboxylic acids is 2. The molecule has 1 amide bonds. The molecule has 1 aliphatic carbocycles. The minimum Gasteiger partial charge on any atom is -0.489 e. The molecule has 1 aliphatic rings. The maximum atomic E-state index is 12.3. The van der Waals surface area contributed by atoms with E-state index in [1.165, 1.54) is 7.11 Å². The zero-order valence-corrected chi connectivity index (χ0v) is 17.4. The van der Waals surface area contributed by atoms with Gasteiger partial charge in [-0.05, 0) is 49.6 Å². The van der Waals surface area contributed by atoms with Crippen LogP contribution in [0, 0.1) is 18.3 Å². The minimum atomic E-state index is -0.933. The number of esters is 1. The van der Waals surface area contributed by atoms with E-state index < -0.39 is 23.2 Å². The summed E-state index contributed by atoms with van der Waals surface area (Å²) in [6, 6.07) is 17.4. The molecule has 2 unspecified atom stereocenters. The molecular weight excluding hydrogens is 396 g/mol. The number of amides is 1. The molecule has 7 heteroatoms. The fraction of sp³-hybridized carbons (Fsp3) is 0.292. The number of para-hydroxylation sites is 1. The molecule has 1 saturated carbocycles. The number of aryl methyl sites for hydroxylation is 1. The first-order valence-electron chi connectivity index (χ1n) is 10.1. The summed E-state index contributed by atoms with van der Waals surface area (Å²) in [5.74, 6) is -0.898. The van der Waals surface area contributed by atoms with Gasteiger partial charge in [0.2, 0.25) is 5.91 Å². The topological polar surface area (TPSA) is 97.8 Å². The lowest BCUT2D eigenvalue weighted by atomic mass is 9.93. The van der Waals surface area contributed by atoms with Gasteiger partial charge in [-0.1, -0.05) is 30.3 Å². The molecule has 1 fully saturated rings. The smallest absolute Gasteiger partial charge is 0.312 e. The van der Waals surface area contributed by atoms with Crippen LogP contribution in [-0.4, -0.2) is 29.2 Å². The van der Waals surface area contributed by atoms with Crippen molar-refractivity contribution >= 4 is 22.8 Å². The van der Waals surface area contributed by atoms with Crippen LogP contribution in [0.5, 0.6) is 5.75 Å². The van der Waals surface area contributed by atoms with E-state index in [1.807, 2.05) is 61.5 Å². The summed E-state index contributed by atoms with van der Waals surface area (Å²) >= 11 is 0. The highest BCUT2D eigenvalue weighted by Crippen LogP contribution is 2.55. The maximum Gasteiger partial charge on any atom is 0.312 e. The average Bonchev–Trinajstić information content (AvgIpc) is 3.52. The number of hydroxylamine groups is 1. The highest BCUT2D eigenvalue weighted by Gasteiger charge is 2.64. The van der Waals surface area contributed by atoms with E-state index >= 15 is 0 Å². The molecule has 2 N–H and O–H groups in total. The third-order valence-electron chi connectivity index (χ3n) is 5.86. The Bertz CT molecular complexity index is 1130. The largest absolute Gasteiger partial charge is 0.489 e. The number of nitrogens with one attached hydrogen (secondary N) is 1. The van der Waals surface area contributed by atoms with Gasteiger partial charge >= 0.3 is 5.97 Å². The third kappa shape index (κ3) is 4.09. The molecule has 1 aromatic heterocycles. The first kappa shape index (κ1) is 20.8. The lowest BCUT2D eigenvalue weighted by Crippen LogP contribution is -2.30. The molecule has 4 rings (SSSR count). The Morgan fingerprint density at radius 1 is 1.19 bits per heavy atom. The Morgan fingerprint density at radius 3 is 2.65 bits per heavy atom. The summed E-state index contributed by atoms with van der Waals surface area (Å²) in [6.07, 6.45) is 0.699. The molecule has 7 nitrogen and oxygen atoms in total. The number of hydrogen-bond acceptors (Lipinski definition) is 6. The molecule has 31 heavy (non-hydrogen) atoms. The van der Waals surface area contributed by atoms with Crippen molar-refractivity contribution in [2.75, 3.05) is 7.11 Å². The second-order valence-corrected chi connectivity index (χ2v) is 7.93. The number of fused-ring (bicyclic) bond motifs is 1. The minimum absolute atomic E-state index is 0.346. The number of carbonyl (C=O) groups is 2. The summed E-state index contributed by atoms with van der Waals surface area (Å²) < 4.78 is 10.9. The number of ether oxygens (including phenoxy) is 2. The Balaban J connectivity index is 1.46. The summed E-state index contributed by atoms with van der Waals surface area (Å²) in [6.45, 7) is 2.37. The predicted octanol–water partition coefficient (Wildman–Crippen LogP) is 3.35. The van der Waals surface area contributed by atoms with Crippen molar-refractivity contribution in [2.24, 2.45) is 11.3 Å². The van der Waals surface area contributed by atoms with Gasteiger partial charge in [-0.25, -0.2) is 5.48 Å². The number of hydrogen-bond donors (Lipinski definition) is 2. The molecule has 0 saturated heterocycles. The van der Waals surface area contributed by atoms with Crippen molar-refractivity contribution in [2.45, 2.75) is 26.4 Å². The first-order valence-corrected chi connectivity index (χ1v) is 10.1. The Morgan fingerprint density at radius 2 is 1.94 bits per heavy atom. The van der Waals surface area contributed by atoms with Gasteiger partial charge in [-0.3, -0.25) is 19.8 Å². The van der Waals surface area contributed by atoms with Crippen LogP contribution in [0.2, 0.25) is 0 Å². The highest BCUT2D eigenvalue weighted by atomic mass is 16.5. The monoisotopic (exact) mass is 420 g/mol. The van der Waals surface area contributed by atoms with E-state index in [9.17, 15) is 9.59 Å². The van der Waals surface area contributed by atoms with Crippen LogP contribution in [-0.2, 0) is 27.4 Å². The molecule has 0 bridgehead atoms.